The van der Waals surface area contributed by atoms with Crippen LogP contribution >= 0.6 is 0 Å². The lowest BCUT2D eigenvalue weighted by atomic mass is 10.1. The molecule has 1 amide bonds. The second-order valence-corrected chi connectivity index (χ2v) is 9.70. The molecule has 0 saturated carbocycles. The van der Waals surface area contributed by atoms with E-state index in [0.717, 1.165) is 36.2 Å². The van der Waals surface area contributed by atoms with E-state index in [1.165, 1.54) is 4.90 Å². The maximum Gasteiger partial charge on any atom is 0.290 e. The van der Waals surface area contributed by atoms with Crippen LogP contribution in [0.5, 0.6) is 5.75 Å². The second-order valence-electron chi connectivity index (χ2n) is 7.47. The van der Waals surface area contributed by atoms with Gasteiger partial charge in [-0.15, -0.1) is 0 Å². The monoisotopic (exact) mass is 393 g/mol. The predicted molar refractivity (Wildman–Crippen MR) is 101 cm³/mol. The zero-order valence-corrected chi connectivity index (χ0v) is 16.5. The number of fused-ring (bicyclic) bond motifs is 1. The van der Waals surface area contributed by atoms with E-state index in [0.29, 0.717) is 30.2 Å². The minimum absolute atomic E-state index is 0.0965. The molecule has 1 aromatic heterocycles. The van der Waals surface area contributed by atoms with Crippen molar-refractivity contribution in [3.8, 4) is 5.75 Å². The quantitative estimate of drug-likeness (QED) is 0.810. The highest BCUT2D eigenvalue weighted by Crippen LogP contribution is 2.29. The van der Waals surface area contributed by atoms with Gasteiger partial charge in [0.1, 0.15) is 23.1 Å². The molecule has 2 aliphatic rings. The highest BCUT2D eigenvalue weighted by atomic mass is 32.2. The van der Waals surface area contributed by atoms with E-state index >= 15 is 0 Å². The van der Waals surface area contributed by atoms with Crippen LogP contribution in [0.25, 0.3) is 11.0 Å². The molecule has 2 fully saturated rings. The van der Waals surface area contributed by atoms with Crippen molar-refractivity contribution in [1.82, 2.24) is 4.90 Å². The lowest BCUT2D eigenvalue weighted by Gasteiger charge is -2.34. The summed E-state index contributed by atoms with van der Waals surface area (Å²) >= 11 is 0. The number of methoxy groups -OCH3 is 1. The number of carbonyl (C=O) groups is 1. The van der Waals surface area contributed by atoms with Crippen LogP contribution in [0.4, 0.5) is 0 Å². The largest absolute Gasteiger partial charge is 0.497 e. The van der Waals surface area contributed by atoms with Crippen LogP contribution in [0.3, 0.4) is 0 Å². The number of carbonyl (C=O) groups excluding carboxylic acids is 1. The van der Waals surface area contributed by atoms with Crippen molar-refractivity contribution >= 4 is 26.7 Å². The molecule has 0 spiro atoms. The molecule has 2 aliphatic heterocycles. The highest BCUT2D eigenvalue weighted by molar-refractivity contribution is 7.91. The standard InChI is InChI=1S/C19H24N2O5S/c1-13-16-11-15(25-2)3-4-17(16)26-18(13)19(22)21-8-6-20(7-9-21)14-5-10-27(23,24)12-14/h3-4,11,14H,5-10,12H2,1-2H3/p+1/t14-/m0/s1. The molecule has 1 atom stereocenters. The molecule has 3 heterocycles. The number of quaternary nitrogens is 1. The van der Waals surface area contributed by atoms with Crippen LogP contribution in [0, 0.1) is 6.92 Å². The van der Waals surface area contributed by atoms with Crippen molar-refractivity contribution in [2.24, 2.45) is 0 Å². The van der Waals surface area contributed by atoms with E-state index in [9.17, 15) is 13.2 Å². The Morgan fingerprint density at radius 1 is 1.30 bits per heavy atom. The molecule has 2 saturated heterocycles. The summed E-state index contributed by atoms with van der Waals surface area (Å²) in [6, 6.07) is 5.69. The van der Waals surface area contributed by atoms with E-state index < -0.39 is 9.84 Å². The number of nitrogens with one attached hydrogen (secondary N) is 1. The van der Waals surface area contributed by atoms with Crippen molar-refractivity contribution in [3.63, 3.8) is 0 Å². The van der Waals surface area contributed by atoms with E-state index in [1.54, 1.807) is 7.11 Å². The van der Waals surface area contributed by atoms with E-state index in [-0.39, 0.29) is 17.7 Å². The number of hydrogen-bond acceptors (Lipinski definition) is 5. The van der Waals surface area contributed by atoms with Crippen LogP contribution in [-0.2, 0) is 9.84 Å². The Morgan fingerprint density at radius 2 is 2.04 bits per heavy atom. The van der Waals surface area contributed by atoms with Crippen LogP contribution in [-0.4, -0.2) is 70.1 Å². The normalized spacial score (nSPS) is 23.0. The van der Waals surface area contributed by atoms with Crippen molar-refractivity contribution in [2.45, 2.75) is 19.4 Å². The number of nitrogens with zero attached hydrogens (tertiary/aromatic N) is 1. The lowest BCUT2D eigenvalue weighted by molar-refractivity contribution is -0.925. The van der Waals surface area contributed by atoms with Gasteiger partial charge in [-0.25, -0.2) is 8.42 Å². The predicted octanol–water partition coefficient (Wildman–Crippen LogP) is 0.278. The van der Waals surface area contributed by atoms with Crippen LogP contribution < -0.4 is 9.64 Å². The molecule has 1 N–H and O–H groups in total. The molecule has 146 valence electrons. The third-order valence-electron chi connectivity index (χ3n) is 5.84. The van der Waals surface area contributed by atoms with Gasteiger partial charge in [-0.1, -0.05) is 0 Å². The fourth-order valence-corrected chi connectivity index (χ4v) is 6.02. The summed E-state index contributed by atoms with van der Waals surface area (Å²) in [5.41, 5.74) is 1.50. The van der Waals surface area contributed by atoms with Gasteiger partial charge in [-0.05, 0) is 25.1 Å². The van der Waals surface area contributed by atoms with Crippen LogP contribution in [0.2, 0.25) is 0 Å². The Morgan fingerprint density at radius 3 is 2.67 bits per heavy atom. The van der Waals surface area contributed by atoms with Gasteiger partial charge in [0.25, 0.3) is 5.91 Å². The number of sulfone groups is 1. The first-order valence-corrected chi connectivity index (χ1v) is 11.1. The average Bonchev–Trinajstić information content (AvgIpc) is 3.20. The molecule has 2 aromatic rings. The number of furan rings is 1. The number of hydrogen-bond donors (Lipinski definition) is 1. The van der Waals surface area contributed by atoms with Crippen molar-refractivity contribution in [3.05, 3.63) is 29.5 Å². The summed E-state index contributed by atoms with van der Waals surface area (Å²) < 4.78 is 34.5. The summed E-state index contributed by atoms with van der Waals surface area (Å²) in [4.78, 5) is 16.1. The summed E-state index contributed by atoms with van der Waals surface area (Å²) in [6.45, 7) is 4.68. The number of amides is 1. The van der Waals surface area contributed by atoms with Crippen molar-refractivity contribution < 1.29 is 27.3 Å². The van der Waals surface area contributed by atoms with E-state index in [1.807, 2.05) is 30.0 Å². The lowest BCUT2D eigenvalue weighted by Crippen LogP contribution is -3.18. The van der Waals surface area contributed by atoms with Gasteiger partial charge < -0.3 is 19.0 Å². The summed E-state index contributed by atoms with van der Waals surface area (Å²) in [5, 5.41) is 0.887. The average molecular weight is 393 g/mol. The first kappa shape index (κ1) is 18.3. The van der Waals surface area contributed by atoms with Gasteiger partial charge in [0.05, 0.1) is 39.0 Å². The van der Waals surface area contributed by atoms with Gasteiger partial charge in [0.2, 0.25) is 0 Å². The molecule has 0 bridgehead atoms. The maximum absolute atomic E-state index is 13.0. The second kappa shape index (κ2) is 6.83. The van der Waals surface area contributed by atoms with Gasteiger partial charge in [0.15, 0.2) is 15.6 Å². The zero-order valence-electron chi connectivity index (χ0n) is 15.7. The fourth-order valence-electron chi connectivity index (χ4n) is 4.20. The molecular weight excluding hydrogens is 368 g/mol. The minimum atomic E-state index is -2.87. The molecule has 0 radical (unpaired) electrons. The third kappa shape index (κ3) is 3.43. The van der Waals surface area contributed by atoms with Crippen LogP contribution in [0.15, 0.2) is 22.6 Å². The van der Waals surface area contributed by atoms with Crippen molar-refractivity contribution in [2.75, 3.05) is 44.8 Å². The zero-order chi connectivity index (χ0) is 19.2. The summed E-state index contributed by atoms with van der Waals surface area (Å²) in [7, 11) is -1.26. The summed E-state index contributed by atoms with van der Waals surface area (Å²) in [5.74, 6) is 1.59. The van der Waals surface area contributed by atoms with Crippen molar-refractivity contribution in [1.29, 1.82) is 0 Å². The molecule has 0 unspecified atom stereocenters. The topological polar surface area (TPSA) is 81.3 Å². The minimum Gasteiger partial charge on any atom is -0.497 e. The molecule has 0 aliphatic carbocycles. The molecule has 4 rings (SSSR count). The van der Waals surface area contributed by atoms with E-state index in [4.69, 9.17) is 9.15 Å². The number of rotatable bonds is 3. The van der Waals surface area contributed by atoms with Gasteiger partial charge >= 0.3 is 0 Å². The Balaban J connectivity index is 1.47. The molecule has 8 heteroatoms. The maximum atomic E-state index is 13.0. The first-order valence-electron chi connectivity index (χ1n) is 9.29. The fraction of sp³-hybridized carbons (Fsp3) is 0.526. The molecule has 27 heavy (non-hydrogen) atoms. The number of ether oxygens (including phenoxy) is 1. The Hall–Kier alpha value is -2.06. The summed E-state index contributed by atoms with van der Waals surface area (Å²) in [6.07, 6.45) is 0.732. The number of benzene rings is 1. The smallest absolute Gasteiger partial charge is 0.290 e. The van der Waals surface area contributed by atoms with Gasteiger partial charge in [0, 0.05) is 17.4 Å². The van der Waals surface area contributed by atoms with E-state index in [2.05, 4.69) is 0 Å². The van der Waals surface area contributed by atoms with Crippen LogP contribution in [0.1, 0.15) is 22.5 Å². The molecular formula is C19H25N2O5S+. The molecule has 1 aromatic carbocycles. The number of aryl methyl sites for hydroxylation is 1. The number of piperazine rings is 1. The molecule has 7 nitrogen and oxygen atoms in total. The Kier molecular flexibility index (Phi) is 4.63. The Bertz CT molecular complexity index is 973. The van der Waals surface area contributed by atoms with Gasteiger partial charge in [-0.2, -0.15) is 0 Å². The highest BCUT2D eigenvalue weighted by Gasteiger charge is 2.38. The first-order chi connectivity index (χ1) is 12.9. The third-order valence-corrected chi connectivity index (χ3v) is 7.61. The SMILES string of the molecule is COc1ccc2oc(C(=O)N3CC[NH+]([C@H]4CCS(=O)(=O)C4)CC3)c(C)c2c1. The van der Waals surface area contributed by atoms with Gasteiger partial charge in [-0.3, -0.25) is 4.79 Å². The Labute approximate surface area is 158 Å².